The SMILES string of the molecule is COc1ccc(C(O)=C2C(=O)C(=O)N(CCN3CCOCC3)[C@H]2c2ccc(C(C)C)cc2)cc1. The predicted octanol–water partition coefficient (Wildman–Crippen LogP) is 3.57. The molecule has 2 aromatic rings. The molecule has 0 saturated carbocycles. The largest absolute Gasteiger partial charge is 0.507 e. The minimum atomic E-state index is -0.659. The van der Waals surface area contributed by atoms with E-state index in [1.807, 2.05) is 24.3 Å². The number of methoxy groups -OCH3 is 1. The summed E-state index contributed by atoms with van der Waals surface area (Å²) in [5.41, 5.74) is 2.56. The second-order valence-electron chi connectivity index (χ2n) is 9.00. The van der Waals surface area contributed by atoms with Gasteiger partial charge in [0.25, 0.3) is 11.7 Å². The first-order valence-electron chi connectivity index (χ1n) is 11.7. The maximum atomic E-state index is 13.2. The van der Waals surface area contributed by atoms with Crippen LogP contribution in [0.25, 0.3) is 5.76 Å². The molecule has 0 unspecified atom stereocenters. The minimum absolute atomic E-state index is 0.120. The summed E-state index contributed by atoms with van der Waals surface area (Å²) in [6.45, 7) is 8.18. The van der Waals surface area contributed by atoms with E-state index in [4.69, 9.17) is 9.47 Å². The highest BCUT2D eigenvalue weighted by molar-refractivity contribution is 6.46. The Kier molecular flexibility index (Phi) is 7.34. The molecule has 1 amide bonds. The van der Waals surface area contributed by atoms with Gasteiger partial charge in [0, 0.05) is 31.7 Å². The second kappa shape index (κ2) is 10.4. The molecule has 0 bridgehead atoms. The number of likely N-dealkylation sites (tertiary alicyclic amines) is 1. The number of carbonyl (C=O) groups excluding carboxylic acids is 2. The quantitative estimate of drug-likeness (QED) is 0.383. The zero-order valence-corrected chi connectivity index (χ0v) is 20.0. The lowest BCUT2D eigenvalue weighted by Crippen LogP contribution is -2.42. The molecule has 0 spiro atoms. The lowest BCUT2D eigenvalue weighted by atomic mass is 9.93. The number of aliphatic hydroxyl groups is 1. The molecule has 0 aromatic heterocycles. The van der Waals surface area contributed by atoms with Crippen LogP contribution in [0.15, 0.2) is 54.1 Å². The van der Waals surface area contributed by atoms with Crippen LogP contribution in [-0.2, 0) is 14.3 Å². The van der Waals surface area contributed by atoms with Crippen molar-refractivity contribution in [1.29, 1.82) is 0 Å². The summed E-state index contributed by atoms with van der Waals surface area (Å²) in [6, 6.07) is 14.1. The van der Waals surface area contributed by atoms with Gasteiger partial charge in [-0.25, -0.2) is 0 Å². The molecule has 2 fully saturated rings. The summed E-state index contributed by atoms with van der Waals surface area (Å²) in [5, 5.41) is 11.2. The van der Waals surface area contributed by atoms with Gasteiger partial charge >= 0.3 is 0 Å². The van der Waals surface area contributed by atoms with Gasteiger partial charge < -0.3 is 19.5 Å². The van der Waals surface area contributed by atoms with Crippen LogP contribution in [0, 0.1) is 0 Å². The number of Topliss-reactive ketones (excluding diaryl/α,β-unsaturated/α-hetero) is 1. The normalized spacial score (nSPS) is 20.8. The number of benzene rings is 2. The monoisotopic (exact) mass is 464 g/mol. The Labute approximate surface area is 200 Å². The molecule has 0 aliphatic carbocycles. The van der Waals surface area contributed by atoms with Crippen molar-refractivity contribution in [1.82, 2.24) is 9.80 Å². The number of amides is 1. The van der Waals surface area contributed by atoms with E-state index in [0.717, 1.165) is 18.7 Å². The average Bonchev–Trinajstić information content (AvgIpc) is 3.12. The number of morpholine rings is 1. The summed E-state index contributed by atoms with van der Waals surface area (Å²) < 4.78 is 10.6. The lowest BCUT2D eigenvalue weighted by Gasteiger charge is -2.31. The number of aliphatic hydroxyl groups excluding tert-OH is 1. The lowest BCUT2D eigenvalue weighted by molar-refractivity contribution is -0.140. The zero-order chi connectivity index (χ0) is 24.2. The number of ketones is 1. The molecule has 2 aliphatic rings. The summed E-state index contributed by atoms with van der Waals surface area (Å²) in [7, 11) is 1.57. The van der Waals surface area contributed by atoms with E-state index in [9.17, 15) is 14.7 Å². The number of carbonyl (C=O) groups is 2. The third-order valence-corrected chi connectivity index (χ3v) is 6.58. The Hall–Kier alpha value is -3.16. The molecular weight excluding hydrogens is 432 g/mol. The van der Waals surface area contributed by atoms with Crippen LogP contribution in [-0.4, -0.2) is 73.1 Å². The standard InChI is InChI=1S/C27H32N2O5/c1-18(2)19-4-6-20(7-5-19)24-23(25(30)21-8-10-22(33-3)11-9-21)26(31)27(32)29(24)13-12-28-14-16-34-17-15-28/h4-11,18,24,30H,12-17H2,1-3H3/t24-/m0/s1. The Bertz CT molecular complexity index is 1050. The topological polar surface area (TPSA) is 79.3 Å². The van der Waals surface area contributed by atoms with Crippen LogP contribution >= 0.6 is 0 Å². The van der Waals surface area contributed by atoms with Gasteiger partial charge in [0.2, 0.25) is 0 Å². The van der Waals surface area contributed by atoms with Crippen molar-refractivity contribution in [2.24, 2.45) is 0 Å². The minimum Gasteiger partial charge on any atom is -0.507 e. The van der Waals surface area contributed by atoms with Crippen molar-refractivity contribution in [2.75, 3.05) is 46.5 Å². The molecule has 4 rings (SSSR count). The van der Waals surface area contributed by atoms with E-state index in [0.29, 0.717) is 43.5 Å². The molecule has 180 valence electrons. The molecule has 7 heteroatoms. The van der Waals surface area contributed by atoms with Gasteiger partial charge in [-0.15, -0.1) is 0 Å². The van der Waals surface area contributed by atoms with Gasteiger partial charge in [-0.1, -0.05) is 38.1 Å². The van der Waals surface area contributed by atoms with Crippen molar-refractivity contribution in [2.45, 2.75) is 25.8 Å². The highest BCUT2D eigenvalue weighted by Crippen LogP contribution is 2.39. The van der Waals surface area contributed by atoms with Gasteiger partial charge in [0.15, 0.2) is 0 Å². The molecule has 2 aliphatic heterocycles. The molecule has 1 N–H and O–H groups in total. The highest BCUT2D eigenvalue weighted by Gasteiger charge is 2.46. The Morgan fingerprint density at radius 2 is 1.68 bits per heavy atom. The number of hydrogen-bond acceptors (Lipinski definition) is 6. The van der Waals surface area contributed by atoms with Gasteiger partial charge in [-0.2, -0.15) is 0 Å². The summed E-state index contributed by atoms with van der Waals surface area (Å²) >= 11 is 0. The number of ether oxygens (including phenoxy) is 2. The first kappa shape index (κ1) is 24.0. The first-order chi connectivity index (χ1) is 16.4. The van der Waals surface area contributed by atoms with E-state index in [1.54, 1.807) is 36.3 Å². The average molecular weight is 465 g/mol. The molecule has 7 nitrogen and oxygen atoms in total. The predicted molar refractivity (Wildman–Crippen MR) is 130 cm³/mol. The third kappa shape index (κ3) is 4.86. The Balaban J connectivity index is 1.72. The van der Waals surface area contributed by atoms with Gasteiger partial charge in [-0.05, 0) is 41.3 Å². The van der Waals surface area contributed by atoms with Gasteiger partial charge in [-0.3, -0.25) is 14.5 Å². The van der Waals surface area contributed by atoms with Crippen LogP contribution in [0.4, 0.5) is 0 Å². The van der Waals surface area contributed by atoms with Crippen LogP contribution in [0.3, 0.4) is 0 Å². The molecule has 1 atom stereocenters. The van der Waals surface area contributed by atoms with Gasteiger partial charge in [0.1, 0.15) is 11.5 Å². The van der Waals surface area contributed by atoms with Crippen LogP contribution in [0.2, 0.25) is 0 Å². The fraction of sp³-hybridized carbons (Fsp3) is 0.407. The molecule has 2 heterocycles. The summed E-state index contributed by atoms with van der Waals surface area (Å²) in [5.74, 6) is -0.410. The Morgan fingerprint density at radius 1 is 1.03 bits per heavy atom. The molecule has 0 radical (unpaired) electrons. The van der Waals surface area contributed by atoms with Crippen LogP contribution < -0.4 is 4.74 Å². The summed E-state index contributed by atoms with van der Waals surface area (Å²) in [6.07, 6.45) is 0. The number of nitrogens with zero attached hydrogens (tertiary/aromatic N) is 2. The van der Waals surface area contributed by atoms with E-state index in [1.165, 1.54) is 5.56 Å². The number of rotatable bonds is 7. The first-order valence-corrected chi connectivity index (χ1v) is 11.7. The van der Waals surface area contributed by atoms with Crippen molar-refractivity contribution in [3.63, 3.8) is 0 Å². The maximum absolute atomic E-state index is 13.2. The van der Waals surface area contributed by atoms with E-state index >= 15 is 0 Å². The fourth-order valence-corrected chi connectivity index (χ4v) is 4.50. The highest BCUT2D eigenvalue weighted by atomic mass is 16.5. The molecular formula is C27H32N2O5. The molecule has 34 heavy (non-hydrogen) atoms. The summed E-state index contributed by atoms with van der Waals surface area (Å²) in [4.78, 5) is 30.2. The van der Waals surface area contributed by atoms with Crippen LogP contribution in [0.1, 0.15) is 42.5 Å². The van der Waals surface area contributed by atoms with Crippen molar-refractivity contribution >= 4 is 17.4 Å². The van der Waals surface area contributed by atoms with Gasteiger partial charge in [0.05, 0.1) is 31.9 Å². The van der Waals surface area contributed by atoms with E-state index in [2.05, 4.69) is 18.7 Å². The zero-order valence-electron chi connectivity index (χ0n) is 20.0. The van der Waals surface area contributed by atoms with E-state index < -0.39 is 17.7 Å². The van der Waals surface area contributed by atoms with Crippen LogP contribution in [0.5, 0.6) is 5.75 Å². The van der Waals surface area contributed by atoms with Crippen molar-refractivity contribution < 1.29 is 24.2 Å². The fourth-order valence-electron chi connectivity index (χ4n) is 4.50. The third-order valence-electron chi connectivity index (χ3n) is 6.58. The molecule has 2 saturated heterocycles. The van der Waals surface area contributed by atoms with Crippen molar-refractivity contribution in [3.05, 3.63) is 70.8 Å². The molecule has 2 aromatic carbocycles. The maximum Gasteiger partial charge on any atom is 0.295 e. The smallest absolute Gasteiger partial charge is 0.295 e. The second-order valence-corrected chi connectivity index (χ2v) is 9.00. The van der Waals surface area contributed by atoms with Crippen molar-refractivity contribution in [3.8, 4) is 5.75 Å². The Morgan fingerprint density at radius 3 is 2.26 bits per heavy atom. The number of hydrogen-bond donors (Lipinski definition) is 1. The van der Waals surface area contributed by atoms with E-state index in [-0.39, 0.29) is 11.3 Å².